The van der Waals surface area contributed by atoms with Crippen molar-refractivity contribution in [3.8, 4) is 0 Å². The number of nitrogens with zero attached hydrogens (tertiary/aromatic N) is 1. The van der Waals surface area contributed by atoms with Gasteiger partial charge in [-0.25, -0.2) is 0 Å². The van der Waals surface area contributed by atoms with Crippen molar-refractivity contribution >= 4 is 17.6 Å². The molecule has 64 valence electrons. The van der Waals surface area contributed by atoms with Gasteiger partial charge in [-0.3, -0.25) is 4.79 Å². The number of alkyl halides is 1. The van der Waals surface area contributed by atoms with Crippen LogP contribution in [0, 0.1) is 10.1 Å². The Bertz CT molecular complexity index is 145. The largest absolute Gasteiger partial charge is 0.481 e. The Hall–Kier alpha value is -1.04. The van der Waals surface area contributed by atoms with Crippen molar-refractivity contribution in [2.75, 3.05) is 5.88 Å². The standard InChI is InChI=1S/C4H6ClNO5/c5-2-3(1-4(7)8)11-6(9)10/h3H,1-2H2,(H,7,8). The summed E-state index contributed by atoms with van der Waals surface area (Å²) in [6.45, 7) is 0. The fraction of sp³-hybridized carbons (Fsp3) is 0.750. The van der Waals surface area contributed by atoms with Gasteiger partial charge in [-0.15, -0.1) is 21.7 Å². The highest BCUT2D eigenvalue weighted by molar-refractivity contribution is 6.18. The average molecular weight is 184 g/mol. The van der Waals surface area contributed by atoms with Crippen LogP contribution in [-0.2, 0) is 9.63 Å². The lowest BCUT2D eigenvalue weighted by molar-refractivity contribution is -0.767. The molecule has 0 aromatic heterocycles. The van der Waals surface area contributed by atoms with Gasteiger partial charge in [0, 0.05) is 5.88 Å². The van der Waals surface area contributed by atoms with Crippen LogP contribution in [0.2, 0.25) is 0 Å². The molecule has 1 N–H and O–H groups in total. The minimum atomic E-state index is -1.18. The number of aliphatic carboxylic acids is 1. The fourth-order valence-electron chi connectivity index (χ4n) is 0.436. The summed E-state index contributed by atoms with van der Waals surface area (Å²) in [7, 11) is 0. The zero-order valence-electron chi connectivity index (χ0n) is 5.40. The Labute approximate surface area is 66.8 Å². The maximum atomic E-state index is 9.99. The fourth-order valence-corrected chi connectivity index (χ4v) is 0.602. The Morgan fingerprint density at radius 1 is 1.82 bits per heavy atom. The number of carboxylic acid groups (broad SMARTS) is 1. The van der Waals surface area contributed by atoms with Crippen LogP contribution in [0.4, 0.5) is 0 Å². The van der Waals surface area contributed by atoms with Crippen LogP contribution in [0.25, 0.3) is 0 Å². The van der Waals surface area contributed by atoms with Gasteiger partial charge in [0.25, 0.3) is 5.09 Å². The Balaban J connectivity index is 3.76. The van der Waals surface area contributed by atoms with Gasteiger partial charge >= 0.3 is 5.97 Å². The Morgan fingerprint density at radius 3 is 2.64 bits per heavy atom. The summed E-state index contributed by atoms with van der Waals surface area (Å²) in [5, 5.41) is 16.8. The van der Waals surface area contributed by atoms with E-state index in [9.17, 15) is 14.9 Å². The highest BCUT2D eigenvalue weighted by atomic mass is 35.5. The molecular formula is C4H6ClNO5. The van der Waals surface area contributed by atoms with Gasteiger partial charge in [-0.1, -0.05) is 0 Å². The first-order chi connectivity index (χ1) is 5.06. The van der Waals surface area contributed by atoms with E-state index in [1.54, 1.807) is 0 Å². The summed E-state index contributed by atoms with van der Waals surface area (Å²) in [6.07, 6.45) is -1.53. The third-order valence-corrected chi connectivity index (χ3v) is 1.15. The van der Waals surface area contributed by atoms with E-state index < -0.39 is 23.6 Å². The first-order valence-electron chi connectivity index (χ1n) is 2.65. The third kappa shape index (κ3) is 5.41. The first kappa shape index (κ1) is 9.96. The van der Waals surface area contributed by atoms with Gasteiger partial charge in [0.05, 0.1) is 6.42 Å². The molecule has 0 aliphatic rings. The van der Waals surface area contributed by atoms with Crippen molar-refractivity contribution in [2.24, 2.45) is 0 Å². The minimum absolute atomic E-state index is 0.215. The van der Waals surface area contributed by atoms with Crippen molar-refractivity contribution in [3.05, 3.63) is 10.1 Å². The number of rotatable bonds is 5. The van der Waals surface area contributed by atoms with Crippen molar-refractivity contribution in [1.29, 1.82) is 0 Å². The molecule has 0 saturated heterocycles. The van der Waals surface area contributed by atoms with Gasteiger partial charge in [-0.05, 0) is 0 Å². The molecule has 0 rings (SSSR count). The van der Waals surface area contributed by atoms with Crippen molar-refractivity contribution in [1.82, 2.24) is 0 Å². The van der Waals surface area contributed by atoms with Gasteiger partial charge in [-0.2, -0.15) is 0 Å². The molecule has 1 unspecified atom stereocenters. The predicted octanol–water partition coefficient (Wildman–Crippen LogP) is 0.277. The Kier molecular flexibility index (Phi) is 4.28. The third-order valence-electron chi connectivity index (χ3n) is 0.810. The SMILES string of the molecule is O=C(O)CC(CCl)O[N+](=O)[O-]. The zero-order valence-corrected chi connectivity index (χ0v) is 6.15. The molecule has 0 fully saturated rings. The first-order valence-corrected chi connectivity index (χ1v) is 3.18. The van der Waals surface area contributed by atoms with E-state index in [4.69, 9.17) is 16.7 Å². The maximum absolute atomic E-state index is 9.99. The molecular weight excluding hydrogens is 177 g/mol. The molecule has 0 heterocycles. The van der Waals surface area contributed by atoms with E-state index in [-0.39, 0.29) is 5.88 Å². The average Bonchev–Trinajstić information content (AvgIpc) is 1.84. The lowest BCUT2D eigenvalue weighted by atomic mass is 10.3. The molecule has 0 aromatic rings. The zero-order chi connectivity index (χ0) is 8.85. The molecule has 6 nitrogen and oxygen atoms in total. The molecule has 0 bridgehead atoms. The van der Waals surface area contributed by atoms with Crippen LogP contribution in [-0.4, -0.2) is 28.1 Å². The summed E-state index contributed by atoms with van der Waals surface area (Å²) in [5.74, 6) is -1.40. The van der Waals surface area contributed by atoms with E-state index in [1.807, 2.05) is 0 Å². The molecule has 0 aromatic carbocycles. The number of hydrogen-bond donors (Lipinski definition) is 1. The molecule has 0 spiro atoms. The minimum Gasteiger partial charge on any atom is -0.481 e. The number of halogens is 1. The molecule has 0 saturated carbocycles. The summed E-state index contributed by atoms with van der Waals surface area (Å²) >= 11 is 5.16. The molecule has 0 aliphatic carbocycles. The second kappa shape index (κ2) is 4.73. The van der Waals surface area contributed by atoms with Crippen molar-refractivity contribution < 1.29 is 19.8 Å². The summed E-state index contributed by atoms with van der Waals surface area (Å²) in [6, 6.07) is 0. The van der Waals surface area contributed by atoms with Crippen LogP contribution in [0.5, 0.6) is 0 Å². The van der Waals surface area contributed by atoms with Gasteiger partial charge in [0.1, 0.15) is 6.10 Å². The van der Waals surface area contributed by atoms with Crippen LogP contribution >= 0.6 is 11.6 Å². The van der Waals surface area contributed by atoms with Gasteiger partial charge in [0.2, 0.25) is 0 Å². The van der Waals surface area contributed by atoms with Gasteiger partial charge < -0.3 is 9.94 Å². The quantitative estimate of drug-likeness (QED) is 0.376. The van der Waals surface area contributed by atoms with E-state index in [0.717, 1.165) is 0 Å². The maximum Gasteiger partial charge on any atom is 0.305 e. The van der Waals surface area contributed by atoms with E-state index in [0.29, 0.717) is 0 Å². The lowest BCUT2D eigenvalue weighted by Gasteiger charge is -2.06. The van der Waals surface area contributed by atoms with Crippen molar-refractivity contribution in [2.45, 2.75) is 12.5 Å². The molecule has 0 aliphatic heterocycles. The summed E-state index contributed by atoms with van der Waals surface area (Å²) in [4.78, 5) is 23.6. The molecule has 7 heteroatoms. The predicted molar refractivity (Wildman–Crippen MR) is 34.8 cm³/mol. The van der Waals surface area contributed by atoms with Crippen LogP contribution in [0.1, 0.15) is 6.42 Å². The summed E-state index contributed by atoms with van der Waals surface area (Å²) in [5.41, 5.74) is 0. The number of hydrogen-bond acceptors (Lipinski definition) is 4. The second-order valence-corrected chi connectivity index (χ2v) is 2.01. The number of carboxylic acids is 1. The molecule has 0 amide bonds. The van der Waals surface area contributed by atoms with Crippen LogP contribution in [0.15, 0.2) is 0 Å². The second-order valence-electron chi connectivity index (χ2n) is 1.70. The Morgan fingerprint density at radius 2 is 2.36 bits per heavy atom. The lowest BCUT2D eigenvalue weighted by Crippen LogP contribution is -2.22. The smallest absolute Gasteiger partial charge is 0.305 e. The molecule has 11 heavy (non-hydrogen) atoms. The van der Waals surface area contributed by atoms with E-state index in [2.05, 4.69) is 4.84 Å². The van der Waals surface area contributed by atoms with Crippen molar-refractivity contribution in [3.63, 3.8) is 0 Å². The normalized spacial score (nSPS) is 12.1. The summed E-state index contributed by atoms with van der Waals surface area (Å²) < 4.78 is 0. The topological polar surface area (TPSA) is 89.7 Å². The highest BCUT2D eigenvalue weighted by Crippen LogP contribution is 2.00. The van der Waals surface area contributed by atoms with E-state index >= 15 is 0 Å². The van der Waals surface area contributed by atoms with Crippen LogP contribution < -0.4 is 0 Å². The number of carbonyl (C=O) groups is 1. The monoisotopic (exact) mass is 183 g/mol. The molecule has 1 atom stereocenters. The molecule has 0 radical (unpaired) electrons. The van der Waals surface area contributed by atoms with Crippen LogP contribution in [0.3, 0.4) is 0 Å². The van der Waals surface area contributed by atoms with E-state index in [1.165, 1.54) is 0 Å². The highest BCUT2D eigenvalue weighted by Gasteiger charge is 2.15. The van der Waals surface area contributed by atoms with Gasteiger partial charge in [0.15, 0.2) is 0 Å².